The average molecular weight is 329 g/mol. The van der Waals surface area contributed by atoms with Crippen LogP contribution in [0, 0.1) is 20.8 Å². The molecular weight excluding hydrogens is 302 g/mol. The highest BCUT2D eigenvalue weighted by Gasteiger charge is 2.29. The summed E-state index contributed by atoms with van der Waals surface area (Å²) in [5.74, 6) is 3.67. The third-order valence-electron chi connectivity index (χ3n) is 4.65. The van der Waals surface area contributed by atoms with E-state index in [1.54, 1.807) is 0 Å². The van der Waals surface area contributed by atoms with Crippen LogP contribution in [0.1, 0.15) is 68.3 Å². The molecule has 6 heteroatoms. The van der Waals surface area contributed by atoms with Crippen molar-refractivity contribution in [3.63, 3.8) is 0 Å². The zero-order valence-electron chi connectivity index (χ0n) is 15.6. The zero-order valence-corrected chi connectivity index (χ0v) is 15.6. The molecule has 6 nitrogen and oxygen atoms in total. The first-order chi connectivity index (χ1) is 11.3. The first-order valence-corrected chi connectivity index (χ1v) is 8.66. The molecule has 1 saturated heterocycles. The van der Waals surface area contributed by atoms with Crippen LogP contribution in [0.4, 0.5) is 5.82 Å². The van der Waals surface area contributed by atoms with Crippen LogP contribution in [-0.2, 0) is 5.41 Å². The maximum absolute atomic E-state index is 5.40. The Hall–Kier alpha value is -1.98. The molecule has 2 aromatic heterocycles. The number of hydrogen-bond acceptors (Lipinski definition) is 6. The number of piperidine rings is 1. The summed E-state index contributed by atoms with van der Waals surface area (Å²) in [6.45, 7) is 14.4. The highest BCUT2D eigenvalue weighted by Crippen LogP contribution is 2.31. The van der Waals surface area contributed by atoms with Crippen molar-refractivity contribution in [2.45, 2.75) is 65.7 Å². The topological polar surface area (TPSA) is 67.9 Å². The lowest BCUT2D eigenvalue weighted by atomic mass is 9.94. The fraction of sp³-hybridized carbons (Fsp3) is 0.667. The highest BCUT2D eigenvalue weighted by atomic mass is 16.5. The molecular formula is C18H27N5O. The van der Waals surface area contributed by atoms with E-state index in [1.165, 1.54) is 0 Å². The largest absolute Gasteiger partial charge is 0.355 e. The van der Waals surface area contributed by atoms with Gasteiger partial charge in [0.1, 0.15) is 11.6 Å². The zero-order chi connectivity index (χ0) is 17.5. The monoisotopic (exact) mass is 329 g/mol. The molecule has 2 aromatic rings. The lowest BCUT2D eigenvalue weighted by molar-refractivity contribution is 0.330. The molecule has 0 aromatic carbocycles. The number of rotatable bonds is 2. The minimum absolute atomic E-state index is 0.0635. The SMILES string of the molecule is Cc1noc(C2CCCN(c3nc(C(C)(C)C)nc(C)c3C)C2)n1. The second-order valence-electron chi connectivity index (χ2n) is 7.80. The van der Waals surface area contributed by atoms with Gasteiger partial charge in [-0.1, -0.05) is 25.9 Å². The van der Waals surface area contributed by atoms with Crippen molar-refractivity contribution in [2.75, 3.05) is 18.0 Å². The molecule has 1 aliphatic rings. The van der Waals surface area contributed by atoms with Crippen LogP contribution in [0.15, 0.2) is 4.52 Å². The molecule has 3 rings (SSSR count). The van der Waals surface area contributed by atoms with E-state index in [-0.39, 0.29) is 11.3 Å². The van der Waals surface area contributed by atoms with Crippen molar-refractivity contribution in [2.24, 2.45) is 0 Å². The van der Waals surface area contributed by atoms with Gasteiger partial charge in [0.15, 0.2) is 5.82 Å². The Balaban J connectivity index is 1.92. The third-order valence-corrected chi connectivity index (χ3v) is 4.65. The normalized spacial score (nSPS) is 18.9. The Bertz CT molecular complexity index is 731. The van der Waals surface area contributed by atoms with Gasteiger partial charge in [-0.3, -0.25) is 0 Å². The van der Waals surface area contributed by atoms with Gasteiger partial charge >= 0.3 is 0 Å². The third kappa shape index (κ3) is 3.28. The molecule has 0 N–H and O–H groups in total. The minimum atomic E-state index is -0.0635. The van der Waals surface area contributed by atoms with Crippen molar-refractivity contribution < 1.29 is 4.52 Å². The van der Waals surface area contributed by atoms with Gasteiger partial charge in [0.2, 0.25) is 5.89 Å². The van der Waals surface area contributed by atoms with Gasteiger partial charge in [0.05, 0.1) is 5.92 Å². The molecule has 0 radical (unpaired) electrons. The van der Waals surface area contributed by atoms with E-state index >= 15 is 0 Å². The Morgan fingerprint density at radius 1 is 1.08 bits per heavy atom. The van der Waals surface area contributed by atoms with Gasteiger partial charge in [-0.15, -0.1) is 0 Å². The number of aromatic nitrogens is 4. The molecule has 0 spiro atoms. The lowest BCUT2D eigenvalue weighted by Crippen LogP contribution is -2.36. The van der Waals surface area contributed by atoms with E-state index in [4.69, 9.17) is 14.5 Å². The van der Waals surface area contributed by atoms with Crippen molar-refractivity contribution >= 4 is 5.82 Å². The summed E-state index contributed by atoms with van der Waals surface area (Å²) in [7, 11) is 0. The minimum Gasteiger partial charge on any atom is -0.355 e. The molecule has 1 aliphatic heterocycles. The smallest absolute Gasteiger partial charge is 0.231 e. The van der Waals surface area contributed by atoms with Gasteiger partial charge in [-0.2, -0.15) is 4.98 Å². The summed E-state index contributed by atoms with van der Waals surface area (Å²) in [6, 6.07) is 0. The summed E-state index contributed by atoms with van der Waals surface area (Å²) < 4.78 is 5.40. The fourth-order valence-corrected chi connectivity index (χ4v) is 3.11. The number of aryl methyl sites for hydroxylation is 2. The van der Waals surface area contributed by atoms with E-state index in [0.717, 1.165) is 54.7 Å². The van der Waals surface area contributed by atoms with E-state index in [2.05, 4.69) is 49.7 Å². The summed E-state index contributed by atoms with van der Waals surface area (Å²) in [5, 5.41) is 3.94. The van der Waals surface area contributed by atoms with Crippen LogP contribution in [0.25, 0.3) is 0 Å². The maximum atomic E-state index is 5.40. The van der Waals surface area contributed by atoms with Gasteiger partial charge in [-0.25, -0.2) is 9.97 Å². The number of anilines is 1. The standard InChI is InChI=1S/C18H27N5O/c1-11-12(2)19-17(18(4,5)6)21-15(11)23-9-7-8-14(10-23)16-20-13(3)22-24-16/h14H,7-10H2,1-6H3. The van der Waals surface area contributed by atoms with Gasteiger partial charge in [-0.05, 0) is 33.6 Å². The molecule has 0 aliphatic carbocycles. The van der Waals surface area contributed by atoms with Gasteiger partial charge < -0.3 is 9.42 Å². The molecule has 1 unspecified atom stereocenters. The van der Waals surface area contributed by atoms with Gasteiger partial charge in [0, 0.05) is 29.8 Å². The van der Waals surface area contributed by atoms with Crippen LogP contribution in [-0.4, -0.2) is 33.2 Å². The van der Waals surface area contributed by atoms with E-state index < -0.39 is 0 Å². The predicted octanol–water partition coefficient (Wildman–Crippen LogP) is 3.47. The number of nitrogens with zero attached hydrogens (tertiary/aromatic N) is 5. The summed E-state index contributed by atoms with van der Waals surface area (Å²) in [6.07, 6.45) is 2.17. The lowest BCUT2D eigenvalue weighted by Gasteiger charge is -2.34. The first kappa shape index (κ1) is 16.9. The van der Waals surface area contributed by atoms with E-state index in [0.29, 0.717) is 5.82 Å². The summed E-state index contributed by atoms with van der Waals surface area (Å²) in [4.78, 5) is 16.4. The predicted molar refractivity (Wildman–Crippen MR) is 93.4 cm³/mol. The van der Waals surface area contributed by atoms with Crippen LogP contribution in [0.5, 0.6) is 0 Å². The van der Waals surface area contributed by atoms with Crippen LogP contribution in [0.3, 0.4) is 0 Å². The second kappa shape index (κ2) is 6.15. The quantitative estimate of drug-likeness (QED) is 0.840. The molecule has 1 atom stereocenters. The molecule has 1 fully saturated rings. The maximum Gasteiger partial charge on any atom is 0.231 e. The Morgan fingerprint density at radius 2 is 1.83 bits per heavy atom. The summed E-state index contributed by atoms with van der Waals surface area (Å²) >= 11 is 0. The average Bonchev–Trinajstić information content (AvgIpc) is 2.95. The molecule has 130 valence electrons. The van der Waals surface area contributed by atoms with Crippen molar-refractivity contribution in [1.29, 1.82) is 0 Å². The van der Waals surface area contributed by atoms with Crippen LogP contribution < -0.4 is 4.90 Å². The Morgan fingerprint density at radius 3 is 2.46 bits per heavy atom. The molecule has 0 bridgehead atoms. The van der Waals surface area contributed by atoms with Crippen molar-refractivity contribution in [3.8, 4) is 0 Å². The molecule has 3 heterocycles. The Kier molecular flexibility index (Phi) is 4.32. The van der Waals surface area contributed by atoms with Crippen LogP contribution >= 0.6 is 0 Å². The fourth-order valence-electron chi connectivity index (χ4n) is 3.11. The molecule has 0 saturated carbocycles. The van der Waals surface area contributed by atoms with Crippen molar-refractivity contribution in [3.05, 3.63) is 28.8 Å². The van der Waals surface area contributed by atoms with E-state index in [9.17, 15) is 0 Å². The molecule has 24 heavy (non-hydrogen) atoms. The summed E-state index contributed by atoms with van der Waals surface area (Å²) in [5.41, 5.74) is 2.15. The number of hydrogen-bond donors (Lipinski definition) is 0. The van der Waals surface area contributed by atoms with E-state index in [1.807, 2.05) is 6.92 Å². The Labute approximate surface area is 143 Å². The highest BCUT2D eigenvalue weighted by molar-refractivity contribution is 5.49. The first-order valence-electron chi connectivity index (χ1n) is 8.66. The molecule has 0 amide bonds. The van der Waals surface area contributed by atoms with Gasteiger partial charge in [0.25, 0.3) is 0 Å². The van der Waals surface area contributed by atoms with Crippen LogP contribution in [0.2, 0.25) is 0 Å². The van der Waals surface area contributed by atoms with Crippen molar-refractivity contribution in [1.82, 2.24) is 20.1 Å². The second-order valence-corrected chi connectivity index (χ2v) is 7.80.